The van der Waals surface area contributed by atoms with Gasteiger partial charge in [-0.3, -0.25) is 10.2 Å². The van der Waals surface area contributed by atoms with Gasteiger partial charge >= 0.3 is 0 Å². The first-order valence-corrected chi connectivity index (χ1v) is 10.1. The molecule has 0 aromatic heterocycles. The first-order chi connectivity index (χ1) is 15.1. The zero-order chi connectivity index (χ0) is 29.9. The molecule has 0 aliphatic heterocycles. The molecule has 0 unspecified atom stereocenters. The third-order valence-corrected chi connectivity index (χ3v) is 0.817. The van der Waals surface area contributed by atoms with Crippen molar-refractivity contribution in [1.29, 1.82) is 0 Å². The fourth-order valence-electron chi connectivity index (χ4n) is 0. The fraction of sp³-hybridized carbons (Fsp3) is 0.652. The van der Waals surface area contributed by atoms with E-state index in [-0.39, 0.29) is 40.6 Å². The molecule has 0 saturated carbocycles. The number of ketones is 6. The second kappa shape index (κ2) is 52.1. The van der Waals surface area contributed by atoms with Crippen molar-refractivity contribution >= 4 is 46.8 Å². The molecule has 0 aromatic carbocycles. The summed E-state index contributed by atoms with van der Waals surface area (Å²) in [7, 11) is 0. The average Bonchev–Trinajstić information content (AvgIpc) is 2.60. The molecule has 4 N–H and O–H groups in total. The largest absolute Gasteiger partial charge is 0.411 e. The van der Waals surface area contributed by atoms with Crippen molar-refractivity contribution in [2.45, 2.75) is 103 Å². The van der Waals surface area contributed by atoms with Crippen molar-refractivity contribution in [2.24, 2.45) is 11.0 Å². The van der Waals surface area contributed by atoms with E-state index in [1.54, 1.807) is 13.8 Å². The molecule has 0 bridgehead atoms. The van der Waals surface area contributed by atoms with E-state index in [9.17, 15) is 33.6 Å². The molecule has 1 amide bonds. The van der Waals surface area contributed by atoms with Crippen LogP contribution < -0.4 is 11.3 Å². The smallest absolute Gasteiger partial charge is 0.230 e. The lowest BCUT2D eigenvalue weighted by atomic mass is 10.4. The van der Waals surface area contributed by atoms with Gasteiger partial charge < -0.3 is 34.0 Å². The van der Waals surface area contributed by atoms with Gasteiger partial charge in [0.1, 0.15) is 34.7 Å². The van der Waals surface area contributed by atoms with Gasteiger partial charge in [0.15, 0.2) is 0 Å². The Kier molecular flexibility index (Phi) is 80.7. The SMILES string of the molecule is C/C=N/O.CC(=O)NN.CC(C)=O.CC(C)=O.CC(C)=O.CC(C)=O.CC(C)=O.CCC(C)=O. The van der Waals surface area contributed by atoms with E-state index >= 15 is 0 Å². The number of carbonyl (C=O) groups excluding carboxylic acids is 7. The number of nitrogens with two attached hydrogens (primary N) is 1. The van der Waals surface area contributed by atoms with Crippen LogP contribution in [0.15, 0.2) is 5.16 Å². The van der Waals surface area contributed by atoms with E-state index in [4.69, 9.17) is 5.21 Å². The van der Waals surface area contributed by atoms with Crippen molar-refractivity contribution in [3.05, 3.63) is 0 Å². The van der Waals surface area contributed by atoms with E-state index in [1.165, 1.54) is 82.4 Å². The standard InChI is InChI=1S/C4H8O.5C3H6O.C2H6N2O.C2H5NO/c1-3-4(2)5;5*1-3(2)4;1-2(5)4-3;1-2-3-4/h3H2,1-2H3;5*1-2H3;3H2,1H3,(H,4,5);2,4H,1H3/b;;;;;;;3-2+. The fourth-order valence-corrected chi connectivity index (χ4v) is 0. The number of oxime groups is 1. The molecule has 34 heavy (non-hydrogen) atoms. The number of amides is 1. The average molecular weight is 496 g/mol. The zero-order valence-electron chi connectivity index (χ0n) is 23.6. The Balaban J connectivity index is -0.0000000380. The topological polar surface area (TPSA) is 190 Å². The summed E-state index contributed by atoms with van der Waals surface area (Å²) in [6, 6.07) is 0. The maximum absolute atomic E-state index is 9.81. The lowest BCUT2D eigenvalue weighted by molar-refractivity contribution is -0.119. The van der Waals surface area contributed by atoms with Crippen molar-refractivity contribution in [3.63, 3.8) is 0 Å². The molecule has 204 valence electrons. The van der Waals surface area contributed by atoms with Crippen molar-refractivity contribution in [1.82, 2.24) is 5.43 Å². The second-order valence-corrected chi connectivity index (χ2v) is 6.67. The maximum Gasteiger partial charge on any atom is 0.230 e. The van der Waals surface area contributed by atoms with Crippen LogP contribution in [0.5, 0.6) is 0 Å². The number of nitrogens with zero attached hydrogens (tertiary/aromatic N) is 1. The van der Waals surface area contributed by atoms with Crippen LogP contribution in [0.2, 0.25) is 0 Å². The Morgan fingerprint density at radius 3 is 0.735 bits per heavy atom. The molecule has 11 heteroatoms. The number of rotatable bonds is 1. The summed E-state index contributed by atoms with van der Waals surface area (Å²) in [6.07, 6.45) is 1.97. The minimum absolute atomic E-state index is 0.167. The zero-order valence-corrected chi connectivity index (χ0v) is 23.6. The highest BCUT2D eigenvalue weighted by Gasteiger charge is 1.77. The summed E-state index contributed by atoms with van der Waals surface area (Å²) in [5.74, 6) is 5.44. The highest BCUT2D eigenvalue weighted by atomic mass is 16.4. The Bertz CT molecular complexity index is 451. The van der Waals surface area contributed by atoms with E-state index in [2.05, 4.69) is 11.0 Å². The number of Topliss-reactive ketones (excluding diaryl/α,β-unsaturated/α-hetero) is 6. The Labute approximate surface area is 205 Å². The molecule has 0 aliphatic rings. The minimum atomic E-state index is -0.218. The summed E-state index contributed by atoms with van der Waals surface area (Å²) < 4.78 is 0. The lowest BCUT2D eigenvalue weighted by Gasteiger charge is -1.80. The molecule has 11 nitrogen and oxygen atoms in total. The monoisotopic (exact) mass is 495 g/mol. The number of hydrogen-bond donors (Lipinski definition) is 3. The van der Waals surface area contributed by atoms with E-state index in [0.717, 1.165) is 0 Å². The number of hydrazine groups is 1. The molecular weight excluding hydrogens is 446 g/mol. The molecule has 0 rings (SSSR count). The quantitative estimate of drug-likeness (QED) is 0.161. The first-order valence-electron chi connectivity index (χ1n) is 10.1. The third-order valence-electron chi connectivity index (χ3n) is 0.817. The molecule has 0 aliphatic carbocycles. The van der Waals surface area contributed by atoms with Crippen LogP contribution in [0.4, 0.5) is 0 Å². The normalized spacial score (nSPS) is 7.03. The van der Waals surface area contributed by atoms with Gasteiger partial charge in [-0.05, 0) is 83.1 Å². The van der Waals surface area contributed by atoms with Gasteiger partial charge in [0.25, 0.3) is 0 Å². The number of hydrogen-bond acceptors (Lipinski definition) is 10. The van der Waals surface area contributed by atoms with Gasteiger partial charge in [-0.15, -0.1) is 5.16 Å². The molecule has 0 heterocycles. The third kappa shape index (κ3) is 6120. The van der Waals surface area contributed by atoms with Crippen LogP contribution in [0.25, 0.3) is 0 Å². The molecular formula is C23H49N3O8. The predicted octanol–water partition coefficient (Wildman–Crippen LogP) is 3.42. The molecule has 0 spiro atoms. The molecule has 0 radical (unpaired) electrons. The first kappa shape index (κ1) is 52.7. The predicted molar refractivity (Wildman–Crippen MR) is 137 cm³/mol. The summed E-state index contributed by atoms with van der Waals surface area (Å²) in [4.78, 5) is 66.6. The van der Waals surface area contributed by atoms with Gasteiger partial charge in [0, 0.05) is 19.6 Å². The Morgan fingerprint density at radius 1 is 0.647 bits per heavy atom. The highest BCUT2D eigenvalue weighted by molar-refractivity contribution is 5.75. The van der Waals surface area contributed by atoms with Crippen LogP contribution in [0.3, 0.4) is 0 Å². The van der Waals surface area contributed by atoms with Gasteiger partial charge in [-0.2, -0.15) is 0 Å². The van der Waals surface area contributed by atoms with Crippen molar-refractivity contribution in [2.75, 3.05) is 0 Å². The van der Waals surface area contributed by atoms with Gasteiger partial charge in [-0.25, -0.2) is 5.84 Å². The Hall–Kier alpha value is -3.08. The number of nitrogens with one attached hydrogen (secondary N) is 1. The van der Waals surface area contributed by atoms with Crippen LogP contribution in [-0.2, 0) is 33.6 Å². The number of carbonyl (C=O) groups is 7. The highest BCUT2D eigenvalue weighted by Crippen LogP contribution is 1.71. The van der Waals surface area contributed by atoms with Crippen LogP contribution >= 0.6 is 0 Å². The van der Waals surface area contributed by atoms with Crippen molar-refractivity contribution < 1.29 is 38.8 Å². The Morgan fingerprint density at radius 2 is 0.735 bits per heavy atom. The summed E-state index contributed by atoms with van der Waals surface area (Å²) in [6.45, 7) is 21.7. The summed E-state index contributed by atoms with van der Waals surface area (Å²) in [5.41, 5.74) is 1.89. The summed E-state index contributed by atoms with van der Waals surface area (Å²) in [5, 5.41) is 10.1. The second-order valence-electron chi connectivity index (χ2n) is 6.67. The molecule has 0 aromatic rings. The molecule has 0 fully saturated rings. The maximum atomic E-state index is 9.81. The van der Waals surface area contributed by atoms with Crippen LogP contribution in [-0.4, -0.2) is 52.0 Å². The minimum Gasteiger partial charge on any atom is -0.411 e. The van der Waals surface area contributed by atoms with Gasteiger partial charge in [-0.1, -0.05) is 6.92 Å². The molecule has 0 atom stereocenters. The van der Waals surface area contributed by atoms with E-state index < -0.39 is 0 Å². The van der Waals surface area contributed by atoms with Crippen LogP contribution in [0.1, 0.15) is 103 Å². The summed E-state index contributed by atoms with van der Waals surface area (Å²) >= 11 is 0. The van der Waals surface area contributed by atoms with E-state index in [0.29, 0.717) is 6.42 Å². The lowest BCUT2D eigenvalue weighted by Crippen LogP contribution is -2.26. The van der Waals surface area contributed by atoms with E-state index in [1.807, 2.05) is 12.3 Å². The molecule has 0 saturated heterocycles. The van der Waals surface area contributed by atoms with Crippen LogP contribution in [0, 0.1) is 0 Å². The van der Waals surface area contributed by atoms with Gasteiger partial charge in [0.2, 0.25) is 5.91 Å². The van der Waals surface area contributed by atoms with Crippen molar-refractivity contribution in [3.8, 4) is 0 Å². The van der Waals surface area contributed by atoms with Gasteiger partial charge in [0.05, 0.1) is 0 Å².